The molecule has 0 bridgehead atoms. The summed E-state index contributed by atoms with van der Waals surface area (Å²) in [5.74, 6) is -1.74. The number of nitrogens with zero attached hydrogens (tertiary/aromatic N) is 1. The molecular formula is C11H10N2O5S. The molecule has 2 heterocycles. The van der Waals surface area contributed by atoms with Gasteiger partial charge < -0.3 is 9.52 Å². The Morgan fingerprint density at radius 2 is 2.00 bits per heavy atom. The Balaban J connectivity index is 2.37. The topological polar surface area (TPSA) is 109 Å². The molecule has 19 heavy (non-hydrogen) atoms. The Labute approximate surface area is 108 Å². The van der Waals surface area contributed by atoms with E-state index in [9.17, 15) is 13.2 Å². The monoisotopic (exact) mass is 282 g/mol. The van der Waals surface area contributed by atoms with Crippen LogP contribution in [0.5, 0.6) is 0 Å². The summed E-state index contributed by atoms with van der Waals surface area (Å²) < 4.78 is 31.3. The first-order chi connectivity index (χ1) is 8.90. The first-order valence-electron chi connectivity index (χ1n) is 5.17. The van der Waals surface area contributed by atoms with Gasteiger partial charge >= 0.3 is 5.97 Å². The van der Waals surface area contributed by atoms with Crippen molar-refractivity contribution in [3.05, 3.63) is 42.1 Å². The van der Waals surface area contributed by atoms with Crippen molar-refractivity contribution in [3.63, 3.8) is 0 Å². The van der Waals surface area contributed by atoms with E-state index in [0.717, 1.165) is 6.07 Å². The molecule has 2 rings (SSSR count). The molecule has 0 atom stereocenters. The van der Waals surface area contributed by atoms with Gasteiger partial charge in [-0.3, -0.25) is 9.71 Å². The van der Waals surface area contributed by atoms with Crippen LogP contribution in [0.25, 0.3) is 0 Å². The summed E-state index contributed by atoms with van der Waals surface area (Å²) in [6.07, 6.45) is 2.87. The molecule has 0 aliphatic carbocycles. The average molecular weight is 282 g/mol. The molecule has 0 unspecified atom stereocenters. The zero-order valence-electron chi connectivity index (χ0n) is 9.82. The number of aromatic nitrogens is 1. The van der Waals surface area contributed by atoms with Gasteiger partial charge in [0.05, 0.1) is 5.69 Å². The number of sulfonamides is 1. The molecule has 0 fully saturated rings. The smallest absolute Gasteiger partial charge is 0.371 e. The van der Waals surface area contributed by atoms with Crippen LogP contribution < -0.4 is 4.72 Å². The molecule has 0 aliphatic rings. The van der Waals surface area contributed by atoms with Crippen LogP contribution in [-0.4, -0.2) is 24.5 Å². The maximum atomic E-state index is 12.1. The number of carboxylic acids is 1. The highest BCUT2D eigenvalue weighted by atomic mass is 32.2. The van der Waals surface area contributed by atoms with Crippen molar-refractivity contribution in [1.82, 2.24) is 4.98 Å². The van der Waals surface area contributed by atoms with E-state index >= 15 is 0 Å². The van der Waals surface area contributed by atoms with E-state index in [1.165, 1.54) is 31.5 Å². The third-order valence-electron chi connectivity index (χ3n) is 2.31. The molecule has 0 saturated carbocycles. The number of hydrogen-bond donors (Lipinski definition) is 2. The van der Waals surface area contributed by atoms with Crippen LogP contribution in [0.3, 0.4) is 0 Å². The van der Waals surface area contributed by atoms with Gasteiger partial charge in [0.1, 0.15) is 10.7 Å². The third kappa shape index (κ3) is 2.74. The quantitative estimate of drug-likeness (QED) is 0.879. The molecule has 2 N–H and O–H groups in total. The fraction of sp³-hybridized carbons (Fsp3) is 0.0909. The van der Waals surface area contributed by atoms with Crippen LogP contribution >= 0.6 is 0 Å². The summed E-state index contributed by atoms with van der Waals surface area (Å²) in [6.45, 7) is 1.38. The maximum absolute atomic E-state index is 12.1. The Kier molecular flexibility index (Phi) is 3.26. The molecule has 0 spiro atoms. The zero-order valence-corrected chi connectivity index (χ0v) is 10.6. The number of rotatable bonds is 4. The number of aromatic carboxylic acids is 1. The number of furan rings is 1. The average Bonchev–Trinajstić information content (AvgIpc) is 2.73. The second-order valence-corrected chi connectivity index (χ2v) is 5.33. The molecular weight excluding hydrogens is 272 g/mol. The second kappa shape index (κ2) is 4.73. The number of hydrogen-bond acceptors (Lipinski definition) is 5. The van der Waals surface area contributed by atoms with E-state index in [4.69, 9.17) is 9.52 Å². The molecule has 0 radical (unpaired) electrons. The highest BCUT2D eigenvalue weighted by molar-refractivity contribution is 7.92. The minimum Gasteiger partial charge on any atom is -0.475 e. The molecule has 2 aromatic rings. The van der Waals surface area contributed by atoms with Gasteiger partial charge in [0.25, 0.3) is 10.0 Å². The lowest BCUT2D eigenvalue weighted by Crippen LogP contribution is -2.13. The fourth-order valence-corrected chi connectivity index (χ4v) is 2.71. The summed E-state index contributed by atoms with van der Waals surface area (Å²) in [5, 5.41) is 8.76. The Morgan fingerprint density at radius 1 is 1.37 bits per heavy atom. The number of pyridine rings is 1. The SMILES string of the molecule is Cc1oc(C(=O)O)cc1S(=O)(=O)Nc1ccncc1. The predicted molar refractivity (Wildman–Crippen MR) is 65.4 cm³/mol. The molecule has 0 aromatic carbocycles. The Bertz CT molecular complexity index is 706. The molecule has 0 saturated heterocycles. The van der Waals surface area contributed by atoms with Gasteiger partial charge in [0.15, 0.2) is 0 Å². The van der Waals surface area contributed by atoms with E-state index < -0.39 is 21.8 Å². The summed E-state index contributed by atoms with van der Waals surface area (Å²) in [5.41, 5.74) is 0.326. The van der Waals surface area contributed by atoms with Crippen molar-refractivity contribution in [2.75, 3.05) is 4.72 Å². The van der Waals surface area contributed by atoms with Crippen molar-refractivity contribution in [1.29, 1.82) is 0 Å². The van der Waals surface area contributed by atoms with E-state index in [1.54, 1.807) is 0 Å². The van der Waals surface area contributed by atoms with Crippen molar-refractivity contribution in [3.8, 4) is 0 Å². The van der Waals surface area contributed by atoms with Gasteiger partial charge in [-0.25, -0.2) is 13.2 Å². The first kappa shape index (κ1) is 13.1. The number of nitrogens with one attached hydrogen (secondary N) is 1. The van der Waals surface area contributed by atoms with Gasteiger partial charge in [0, 0.05) is 18.5 Å². The number of anilines is 1. The molecule has 2 aromatic heterocycles. The first-order valence-corrected chi connectivity index (χ1v) is 6.65. The van der Waals surface area contributed by atoms with E-state index in [1.807, 2.05) is 0 Å². The summed E-state index contributed by atoms with van der Waals surface area (Å²) in [6, 6.07) is 3.93. The molecule has 100 valence electrons. The number of carboxylic acid groups (broad SMARTS) is 1. The van der Waals surface area contributed by atoms with Crippen LogP contribution in [0.2, 0.25) is 0 Å². The maximum Gasteiger partial charge on any atom is 0.371 e. The van der Waals surface area contributed by atoms with Crippen LogP contribution in [0.1, 0.15) is 16.3 Å². The van der Waals surface area contributed by atoms with Crippen LogP contribution in [0, 0.1) is 6.92 Å². The third-order valence-corrected chi connectivity index (χ3v) is 3.79. The molecule has 7 nitrogen and oxygen atoms in total. The Hall–Kier alpha value is -2.35. The van der Waals surface area contributed by atoms with Gasteiger partial charge in [0.2, 0.25) is 5.76 Å². The van der Waals surface area contributed by atoms with Gasteiger partial charge in [-0.2, -0.15) is 0 Å². The highest BCUT2D eigenvalue weighted by Gasteiger charge is 2.23. The second-order valence-electron chi connectivity index (χ2n) is 3.68. The number of aryl methyl sites for hydroxylation is 1. The minimum absolute atomic E-state index is 0.0129. The van der Waals surface area contributed by atoms with E-state index in [-0.39, 0.29) is 10.7 Å². The highest BCUT2D eigenvalue weighted by Crippen LogP contribution is 2.22. The van der Waals surface area contributed by atoms with Crippen molar-refractivity contribution < 1.29 is 22.7 Å². The van der Waals surface area contributed by atoms with Crippen molar-refractivity contribution in [2.24, 2.45) is 0 Å². The predicted octanol–water partition coefficient (Wildman–Crippen LogP) is 1.48. The summed E-state index contributed by atoms with van der Waals surface area (Å²) in [4.78, 5) is 14.3. The largest absolute Gasteiger partial charge is 0.475 e. The lowest BCUT2D eigenvalue weighted by Gasteiger charge is -2.05. The fourth-order valence-electron chi connectivity index (χ4n) is 1.47. The van der Waals surface area contributed by atoms with Gasteiger partial charge in [-0.15, -0.1) is 0 Å². The van der Waals surface area contributed by atoms with Gasteiger partial charge in [-0.1, -0.05) is 0 Å². The Morgan fingerprint density at radius 3 is 2.53 bits per heavy atom. The van der Waals surface area contributed by atoms with Crippen LogP contribution in [0.15, 0.2) is 39.9 Å². The van der Waals surface area contributed by atoms with Crippen molar-refractivity contribution in [2.45, 2.75) is 11.8 Å². The number of carbonyl (C=O) groups is 1. The summed E-state index contributed by atoms with van der Waals surface area (Å²) >= 11 is 0. The van der Waals surface area contributed by atoms with E-state index in [2.05, 4.69) is 9.71 Å². The molecule has 0 aliphatic heterocycles. The van der Waals surface area contributed by atoms with Crippen LogP contribution in [0.4, 0.5) is 5.69 Å². The lowest BCUT2D eigenvalue weighted by atomic mass is 10.4. The lowest BCUT2D eigenvalue weighted by molar-refractivity contribution is 0.0661. The van der Waals surface area contributed by atoms with E-state index in [0.29, 0.717) is 5.69 Å². The van der Waals surface area contributed by atoms with Crippen molar-refractivity contribution >= 4 is 21.7 Å². The zero-order chi connectivity index (χ0) is 14.0. The van der Waals surface area contributed by atoms with Crippen LogP contribution in [-0.2, 0) is 10.0 Å². The normalized spacial score (nSPS) is 11.2. The molecule has 0 amide bonds. The summed E-state index contributed by atoms with van der Waals surface area (Å²) in [7, 11) is -3.89. The standard InChI is InChI=1S/C11H10N2O5S/c1-7-10(6-9(18-7)11(14)15)19(16,17)13-8-2-4-12-5-3-8/h2-6H,1H3,(H,12,13)(H,14,15). The molecule has 8 heteroatoms. The van der Waals surface area contributed by atoms with Gasteiger partial charge in [-0.05, 0) is 19.1 Å². The minimum atomic E-state index is -3.89.